The van der Waals surface area contributed by atoms with Crippen LogP contribution in [0.15, 0.2) is 0 Å². The molecule has 2 fully saturated rings. The highest BCUT2D eigenvalue weighted by Crippen LogP contribution is 2.26. The van der Waals surface area contributed by atoms with Gasteiger partial charge in [0, 0.05) is 24.5 Å². The van der Waals surface area contributed by atoms with Crippen molar-refractivity contribution in [1.82, 2.24) is 4.90 Å². The molecule has 2 atom stereocenters. The van der Waals surface area contributed by atoms with Crippen molar-refractivity contribution in [3.8, 4) is 0 Å². The van der Waals surface area contributed by atoms with E-state index in [1.54, 1.807) is 0 Å². The fourth-order valence-corrected chi connectivity index (χ4v) is 3.32. The Morgan fingerprint density at radius 2 is 2.00 bits per heavy atom. The summed E-state index contributed by atoms with van der Waals surface area (Å²) in [7, 11) is 0. The molecular weight excluding hydrogens is 266 g/mol. The average molecular weight is 290 g/mol. The van der Waals surface area contributed by atoms with Gasteiger partial charge in [0.05, 0.1) is 12.7 Å². The number of morpholine rings is 1. The third-order valence-corrected chi connectivity index (χ3v) is 4.75. The Morgan fingerprint density at radius 3 is 2.69 bits per heavy atom. The first kappa shape index (κ1) is 12.8. The molecule has 2 unspecified atom stereocenters. The van der Waals surface area contributed by atoms with Gasteiger partial charge in [-0.25, -0.2) is 0 Å². The molecule has 0 aromatic heterocycles. The molecule has 1 saturated heterocycles. The molecule has 16 heavy (non-hydrogen) atoms. The minimum absolute atomic E-state index is 0.403. The molecule has 0 radical (unpaired) electrons. The molecule has 2 nitrogen and oxygen atoms in total. The van der Waals surface area contributed by atoms with Crippen LogP contribution in [0.5, 0.6) is 0 Å². The zero-order valence-corrected chi connectivity index (χ0v) is 11.9. The monoisotopic (exact) mass is 289 g/mol. The predicted molar refractivity (Wildman–Crippen MR) is 71.1 cm³/mol. The molecular formula is C13H24BrNO. The molecule has 0 aromatic carbocycles. The normalized spacial score (nSPS) is 34.1. The zero-order valence-electron chi connectivity index (χ0n) is 10.3. The summed E-state index contributed by atoms with van der Waals surface area (Å²) in [5, 5.41) is 0.973. The van der Waals surface area contributed by atoms with Crippen LogP contribution in [0.3, 0.4) is 0 Å². The maximum atomic E-state index is 5.77. The molecule has 1 aliphatic heterocycles. The standard InChI is InChI=1S/C13H24BrNO/c1-11-10-16-13(7-14)9-15(11)8-12-5-3-2-4-6-12/h11-13H,2-10H2,1H3. The molecule has 1 aliphatic carbocycles. The summed E-state index contributed by atoms with van der Waals surface area (Å²) < 4.78 is 5.77. The fourth-order valence-electron chi connectivity index (χ4n) is 2.92. The molecule has 1 heterocycles. The number of ether oxygens (including phenoxy) is 1. The van der Waals surface area contributed by atoms with Crippen molar-refractivity contribution in [3.63, 3.8) is 0 Å². The molecule has 0 N–H and O–H groups in total. The summed E-state index contributed by atoms with van der Waals surface area (Å²) in [5.74, 6) is 0.949. The third-order valence-electron chi connectivity index (χ3n) is 4.02. The lowest BCUT2D eigenvalue weighted by molar-refractivity contribution is -0.0530. The van der Waals surface area contributed by atoms with Gasteiger partial charge in [0.25, 0.3) is 0 Å². The Morgan fingerprint density at radius 1 is 1.25 bits per heavy atom. The first-order valence-corrected chi connectivity index (χ1v) is 7.83. The van der Waals surface area contributed by atoms with E-state index in [1.165, 1.54) is 38.6 Å². The molecule has 0 aromatic rings. The van der Waals surface area contributed by atoms with Crippen LogP contribution in [0, 0.1) is 5.92 Å². The summed E-state index contributed by atoms with van der Waals surface area (Å²) in [6.07, 6.45) is 7.65. The number of halogens is 1. The van der Waals surface area contributed by atoms with Crippen LogP contribution in [0.25, 0.3) is 0 Å². The molecule has 2 aliphatic rings. The van der Waals surface area contributed by atoms with E-state index in [-0.39, 0.29) is 0 Å². The molecule has 3 heteroatoms. The van der Waals surface area contributed by atoms with Gasteiger partial charge >= 0.3 is 0 Å². The van der Waals surface area contributed by atoms with Crippen molar-refractivity contribution in [1.29, 1.82) is 0 Å². The Hall–Kier alpha value is 0.400. The van der Waals surface area contributed by atoms with E-state index in [0.717, 1.165) is 24.4 Å². The highest BCUT2D eigenvalue weighted by atomic mass is 79.9. The largest absolute Gasteiger partial charge is 0.374 e. The van der Waals surface area contributed by atoms with Gasteiger partial charge < -0.3 is 4.74 Å². The summed E-state index contributed by atoms with van der Waals surface area (Å²) in [4.78, 5) is 2.64. The third kappa shape index (κ3) is 3.44. The number of hydrogen-bond acceptors (Lipinski definition) is 2. The van der Waals surface area contributed by atoms with Crippen molar-refractivity contribution in [2.45, 2.75) is 51.2 Å². The van der Waals surface area contributed by atoms with E-state index < -0.39 is 0 Å². The minimum Gasteiger partial charge on any atom is -0.374 e. The number of alkyl halides is 1. The second-order valence-corrected chi connectivity index (χ2v) is 6.06. The maximum Gasteiger partial charge on any atom is 0.0799 e. The van der Waals surface area contributed by atoms with Crippen molar-refractivity contribution >= 4 is 15.9 Å². The van der Waals surface area contributed by atoms with Crippen molar-refractivity contribution in [2.75, 3.05) is 25.0 Å². The van der Waals surface area contributed by atoms with Crippen LogP contribution in [-0.2, 0) is 4.74 Å². The molecule has 0 amide bonds. The summed E-state index contributed by atoms with van der Waals surface area (Å²) in [6.45, 7) is 5.62. The molecule has 94 valence electrons. The van der Waals surface area contributed by atoms with Crippen LogP contribution >= 0.6 is 15.9 Å². The van der Waals surface area contributed by atoms with Gasteiger partial charge in [0.2, 0.25) is 0 Å². The number of rotatable bonds is 3. The van der Waals surface area contributed by atoms with Crippen LogP contribution in [0.4, 0.5) is 0 Å². The van der Waals surface area contributed by atoms with Crippen molar-refractivity contribution in [2.24, 2.45) is 5.92 Å². The summed E-state index contributed by atoms with van der Waals surface area (Å²) in [5.41, 5.74) is 0. The minimum atomic E-state index is 0.403. The SMILES string of the molecule is CC1COC(CBr)CN1CC1CCCCC1. The van der Waals surface area contributed by atoms with Crippen molar-refractivity contribution < 1.29 is 4.74 Å². The Balaban J connectivity index is 1.81. The van der Waals surface area contributed by atoms with Crippen LogP contribution < -0.4 is 0 Å². The second kappa shape index (κ2) is 6.36. The van der Waals surface area contributed by atoms with E-state index in [2.05, 4.69) is 27.8 Å². The highest BCUT2D eigenvalue weighted by Gasteiger charge is 2.27. The molecule has 2 rings (SSSR count). The molecule has 1 saturated carbocycles. The van der Waals surface area contributed by atoms with E-state index in [9.17, 15) is 0 Å². The molecule has 0 bridgehead atoms. The lowest BCUT2D eigenvalue weighted by Gasteiger charge is -2.40. The van der Waals surface area contributed by atoms with Gasteiger partial charge in [0.15, 0.2) is 0 Å². The smallest absolute Gasteiger partial charge is 0.0799 e. The van der Waals surface area contributed by atoms with Crippen LogP contribution in [0.1, 0.15) is 39.0 Å². The summed E-state index contributed by atoms with van der Waals surface area (Å²) in [6, 6.07) is 0.609. The fraction of sp³-hybridized carbons (Fsp3) is 1.00. The van der Waals surface area contributed by atoms with E-state index >= 15 is 0 Å². The van der Waals surface area contributed by atoms with E-state index in [1.807, 2.05) is 0 Å². The maximum absolute atomic E-state index is 5.77. The number of nitrogens with zero attached hydrogens (tertiary/aromatic N) is 1. The lowest BCUT2D eigenvalue weighted by Crippen LogP contribution is -2.50. The van der Waals surface area contributed by atoms with Gasteiger partial charge in [-0.2, -0.15) is 0 Å². The predicted octanol–water partition coefficient (Wildman–Crippen LogP) is 3.05. The van der Waals surface area contributed by atoms with Gasteiger partial charge in [0.1, 0.15) is 0 Å². The Bertz CT molecular complexity index is 206. The van der Waals surface area contributed by atoms with Crippen LogP contribution in [-0.4, -0.2) is 42.1 Å². The van der Waals surface area contributed by atoms with Gasteiger partial charge in [-0.3, -0.25) is 4.90 Å². The average Bonchev–Trinajstić information content (AvgIpc) is 2.33. The van der Waals surface area contributed by atoms with Gasteiger partial charge in [-0.05, 0) is 25.7 Å². The Kier molecular flexibility index (Phi) is 5.11. The quantitative estimate of drug-likeness (QED) is 0.741. The van der Waals surface area contributed by atoms with Crippen LogP contribution in [0.2, 0.25) is 0 Å². The van der Waals surface area contributed by atoms with Gasteiger partial charge in [-0.1, -0.05) is 35.2 Å². The van der Waals surface area contributed by atoms with Gasteiger partial charge in [-0.15, -0.1) is 0 Å². The first-order valence-electron chi connectivity index (χ1n) is 6.71. The number of hydrogen-bond donors (Lipinski definition) is 0. The highest BCUT2D eigenvalue weighted by molar-refractivity contribution is 9.09. The Labute approximate surface area is 108 Å². The topological polar surface area (TPSA) is 12.5 Å². The van der Waals surface area contributed by atoms with E-state index in [0.29, 0.717) is 12.1 Å². The lowest BCUT2D eigenvalue weighted by atomic mass is 9.88. The van der Waals surface area contributed by atoms with Crippen molar-refractivity contribution in [3.05, 3.63) is 0 Å². The second-order valence-electron chi connectivity index (χ2n) is 5.42. The first-order chi connectivity index (χ1) is 7.79. The van der Waals surface area contributed by atoms with E-state index in [4.69, 9.17) is 4.74 Å². The summed E-state index contributed by atoms with van der Waals surface area (Å²) >= 11 is 3.53. The zero-order chi connectivity index (χ0) is 11.4. The molecule has 0 spiro atoms.